The fourth-order valence-corrected chi connectivity index (χ4v) is 2.69. The summed E-state index contributed by atoms with van der Waals surface area (Å²) in [6, 6.07) is 14.5. The van der Waals surface area contributed by atoms with E-state index in [0.29, 0.717) is 0 Å². The fraction of sp³-hybridized carbons (Fsp3) is 0.294. The van der Waals surface area contributed by atoms with E-state index in [1.54, 1.807) is 14.2 Å². The Hall–Kier alpha value is -1.52. The third kappa shape index (κ3) is 4.22. The van der Waals surface area contributed by atoms with Crippen LogP contribution < -0.4 is 14.8 Å². The van der Waals surface area contributed by atoms with E-state index in [2.05, 4.69) is 52.4 Å². The molecule has 2 aromatic rings. The first-order valence-electron chi connectivity index (χ1n) is 6.83. The Morgan fingerprint density at radius 1 is 1.05 bits per heavy atom. The van der Waals surface area contributed by atoms with Crippen LogP contribution in [0.2, 0.25) is 0 Å². The third-order valence-electron chi connectivity index (χ3n) is 3.44. The third-order valence-corrected chi connectivity index (χ3v) is 4.06. The van der Waals surface area contributed by atoms with Crippen LogP contribution in [0.3, 0.4) is 0 Å². The summed E-state index contributed by atoms with van der Waals surface area (Å²) in [5.74, 6) is 1.73. The molecule has 0 spiro atoms. The smallest absolute Gasteiger partial charge is 0.133 e. The van der Waals surface area contributed by atoms with Crippen molar-refractivity contribution < 1.29 is 9.47 Å². The first kappa shape index (κ1) is 15.9. The Morgan fingerprint density at radius 3 is 2.33 bits per heavy atom. The van der Waals surface area contributed by atoms with Gasteiger partial charge in [-0.05, 0) is 58.2 Å². The molecule has 0 radical (unpaired) electrons. The maximum atomic E-state index is 5.24. The van der Waals surface area contributed by atoms with Gasteiger partial charge in [-0.15, -0.1) is 0 Å². The predicted octanol–water partition coefficient (Wildman–Crippen LogP) is 4.32. The zero-order valence-corrected chi connectivity index (χ0v) is 14.1. The maximum absolute atomic E-state index is 5.24. The van der Waals surface area contributed by atoms with E-state index in [9.17, 15) is 0 Å². The molecule has 0 saturated carbocycles. The molecular formula is C17H20BrNO2. The molecular weight excluding hydrogens is 330 g/mol. The molecule has 112 valence electrons. The van der Waals surface area contributed by atoms with Crippen LogP contribution in [0.1, 0.15) is 24.1 Å². The minimum absolute atomic E-state index is 0.275. The molecule has 0 fully saturated rings. The highest BCUT2D eigenvalue weighted by Gasteiger charge is 2.06. The molecule has 1 N–H and O–H groups in total. The van der Waals surface area contributed by atoms with Crippen LogP contribution in [0.25, 0.3) is 0 Å². The van der Waals surface area contributed by atoms with Crippen LogP contribution in [-0.2, 0) is 6.54 Å². The topological polar surface area (TPSA) is 30.5 Å². The van der Waals surface area contributed by atoms with Crippen molar-refractivity contribution in [2.75, 3.05) is 14.2 Å². The molecule has 0 aliphatic rings. The van der Waals surface area contributed by atoms with Crippen molar-refractivity contribution in [1.29, 1.82) is 0 Å². The molecule has 0 amide bonds. The summed E-state index contributed by atoms with van der Waals surface area (Å²) in [6.07, 6.45) is 0. The van der Waals surface area contributed by atoms with Crippen LogP contribution in [0.5, 0.6) is 11.5 Å². The Bertz CT molecular complexity index is 584. The molecule has 2 aromatic carbocycles. The number of benzene rings is 2. The fourth-order valence-electron chi connectivity index (χ4n) is 2.10. The van der Waals surface area contributed by atoms with Crippen molar-refractivity contribution in [2.45, 2.75) is 19.5 Å². The molecule has 3 nitrogen and oxygen atoms in total. The maximum Gasteiger partial charge on any atom is 0.133 e. The van der Waals surface area contributed by atoms with Gasteiger partial charge in [0.05, 0.1) is 18.7 Å². The van der Waals surface area contributed by atoms with E-state index in [1.165, 1.54) is 11.1 Å². The van der Waals surface area contributed by atoms with Gasteiger partial charge in [-0.1, -0.05) is 18.2 Å². The molecule has 2 rings (SSSR count). The molecule has 1 atom stereocenters. The molecule has 0 aliphatic carbocycles. The van der Waals surface area contributed by atoms with Crippen molar-refractivity contribution in [3.05, 3.63) is 58.1 Å². The molecule has 21 heavy (non-hydrogen) atoms. The second-order valence-corrected chi connectivity index (χ2v) is 5.70. The Balaban J connectivity index is 1.96. The highest BCUT2D eigenvalue weighted by atomic mass is 79.9. The standard InChI is InChI=1S/C17H20BrNO2/c1-12(14-5-7-15(20-2)8-6-14)19-11-13-4-9-17(21-3)16(18)10-13/h4-10,12,19H,11H2,1-3H3/t12-/m1/s1. The second kappa shape index (κ2) is 7.48. The summed E-state index contributed by atoms with van der Waals surface area (Å²) in [6.45, 7) is 2.95. The van der Waals surface area contributed by atoms with Gasteiger partial charge in [0, 0.05) is 12.6 Å². The average Bonchev–Trinajstić information content (AvgIpc) is 2.52. The summed E-state index contributed by atoms with van der Waals surface area (Å²) in [5, 5.41) is 3.51. The van der Waals surface area contributed by atoms with Crippen molar-refractivity contribution in [2.24, 2.45) is 0 Å². The Morgan fingerprint density at radius 2 is 1.76 bits per heavy atom. The molecule has 0 saturated heterocycles. The van der Waals surface area contributed by atoms with Gasteiger partial charge in [0.2, 0.25) is 0 Å². The number of halogens is 1. The highest BCUT2D eigenvalue weighted by Crippen LogP contribution is 2.26. The van der Waals surface area contributed by atoms with Crippen LogP contribution in [0.15, 0.2) is 46.9 Å². The number of ether oxygens (including phenoxy) is 2. The number of nitrogens with one attached hydrogen (secondary N) is 1. The van der Waals surface area contributed by atoms with Gasteiger partial charge in [-0.3, -0.25) is 0 Å². The highest BCUT2D eigenvalue weighted by molar-refractivity contribution is 9.10. The first-order chi connectivity index (χ1) is 10.1. The van der Waals surface area contributed by atoms with Crippen LogP contribution >= 0.6 is 15.9 Å². The van der Waals surface area contributed by atoms with E-state index >= 15 is 0 Å². The zero-order valence-electron chi connectivity index (χ0n) is 12.5. The van der Waals surface area contributed by atoms with E-state index < -0.39 is 0 Å². The van der Waals surface area contributed by atoms with Gasteiger partial charge >= 0.3 is 0 Å². The van der Waals surface area contributed by atoms with Gasteiger partial charge in [0.25, 0.3) is 0 Å². The summed E-state index contributed by atoms with van der Waals surface area (Å²) in [5.41, 5.74) is 2.45. The van der Waals surface area contributed by atoms with Crippen molar-refractivity contribution in [3.8, 4) is 11.5 Å². The van der Waals surface area contributed by atoms with Gasteiger partial charge < -0.3 is 14.8 Å². The normalized spacial score (nSPS) is 12.0. The summed E-state index contributed by atoms with van der Waals surface area (Å²) in [4.78, 5) is 0. The summed E-state index contributed by atoms with van der Waals surface area (Å²) in [7, 11) is 3.35. The Kier molecular flexibility index (Phi) is 5.65. The molecule has 4 heteroatoms. The van der Waals surface area contributed by atoms with Crippen molar-refractivity contribution >= 4 is 15.9 Å². The Labute approximate surface area is 134 Å². The molecule has 0 aliphatic heterocycles. The van der Waals surface area contributed by atoms with E-state index in [0.717, 1.165) is 22.5 Å². The van der Waals surface area contributed by atoms with Gasteiger partial charge in [-0.25, -0.2) is 0 Å². The van der Waals surface area contributed by atoms with Crippen LogP contribution in [0.4, 0.5) is 0 Å². The predicted molar refractivity (Wildman–Crippen MR) is 88.9 cm³/mol. The second-order valence-electron chi connectivity index (χ2n) is 4.84. The summed E-state index contributed by atoms with van der Waals surface area (Å²) < 4.78 is 11.4. The number of rotatable bonds is 6. The van der Waals surface area contributed by atoms with E-state index in [4.69, 9.17) is 9.47 Å². The quantitative estimate of drug-likeness (QED) is 0.842. The van der Waals surface area contributed by atoms with Gasteiger partial charge in [0.1, 0.15) is 11.5 Å². The van der Waals surface area contributed by atoms with E-state index in [1.807, 2.05) is 18.2 Å². The van der Waals surface area contributed by atoms with Gasteiger partial charge in [0.15, 0.2) is 0 Å². The minimum atomic E-state index is 0.275. The number of hydrogen-bond donors (Lipinski definition) is 1. The first-order valence-corrected chi connectivity index (χ1v) is 7.63. The molecule has 0 unspecified atom stereocenters. The number of hydrogen-bond acceptors (Lipinski definition) is 3. The lowest BCUT2D eigenvalue weighted by Crippen LogP contribution is -2.18. The van der Waals surface area contributed by atoms with Gasteiger partial charge in [-0.2, -0.15) is 0 Å². The molecule has 0 bridgehead atoms. The van der Waals surface area contributed by atoms with Crippen molar-refractivity contribution in [3.63, 3.8) is 0 Å². The minimum Gasteiger partial charge on any atom is -0.497 e. The largest absolute Gasteiger partial charge is 0.497 e. The van der Waals surface area contributed by atoms with E-state index in [-0.39, 0.29) is 6.04 Å². The lowest BCUT2D eigenvalue weighted by molar-refractivity contribution is 0.412. The summed E-state index contributed by atoms with van der Waals surface area (Å²) >= 11 is 3.51. The zero-order chi connectivity index (χ0) is 15.2. The van der Waals surface area contributed by atoms with Crippen molar-refractivity contribution in [1.82, 2.24) is 5.32 Å². The monoisotopic (exact) mass is 349 g/mol. The van der Waals surface area contributed by atoms with Crippen LogP contribution in [-0.4, -0.2) is 14.2 Å². The molecule has 0 aromatic heterocycles. The SMILES string of the molecule is COc1ccc([C@@H](C)NCc2ccc(OC)c(Br)c2)cc1. The number of methoxy groups -OCH3 is 2. The lowest BCUT2D eigenvalue weighted by atomic mass is 10.1. The molecule has 0 heterocycles. The average molecular weight is 350 g/mol. The lowest BCUT2D eigenvalue weighted by Gasteiger charge is -2.15. The van der Waals surface area contributed by atoms with Crippen LogP contribution in [0, 0.1) is 0 Å².